The number of hydrogen-bond acceptors (Lipinski definition) is 6. The number of Topliss-reactive ketones (excluding diaryl/α,β-unsaturated/α-hetero) is 1. The fourth-order valence-corrected chi connectivity index (χ4v) is 3.18. The molecule has 0 aromatic carbocycles. The number of hydrogen-bond donors (Lipinski definition) is 0. The van der Waals surface area contributed by atoms with Gasteiger partial charge in [-0.25, -0.2) is 0 Å². The van der Waals surface area contributed by atoms with E-state index in [0.29, 0.717) is 17.9 Å². The van der Waals surface area contributed by atoms with E-state index in [-0.39, 0.29) is 36.0 Å². The highest BCUT2D eigenvalue weighted by atomic mass is 16.1. The summed E-state index contributed by atoms with van der Waals surface area (Å²) in [4.78, 5) is 29.4. The fourth-order valence-electron chi connectivity index (χ4n) is 3.18. The summed E-state index contributed by atoms with van der Waals surface area (Å²) in [6.07, 6.45) is 2.83. The van der Waals surface area contributed by atoms with E-state index in [4.69, 9.17) is 5.48 Å². The topological polar surface area (TPSA) is 62.2 Å². The van der Waals surface area contributed by atoms with Gasteiger partial charge < -0.3 is 4.90 Å². The Bertz CT molecular complexity index is 1150. The van der Waals surface area contributed by atoms with Crippen LogP contribution in [-0.2, 0) is 11.2 Å². The summed E-state index contributed by atoms with van der Waals surface area (Å²) in [5.74, 6) is 0.113. The van der Waals surface area contributed by atoms with E-state index in [1.54, 1.807) is 18.5 Å². The average Bonchev–Trinajstić information content (AvgIpc) is 2.73. The Balaban J connectivity index is 1.57. The summed E-state index contributed by atoms with van der Waals surface area (Å²) in [6, 6.07) is 2.96. The molecule has 6 nitrogen and oxygen atoms in total. The third kappa shape index (κ3) is 4.35. The summed E-state index contributed by atoms with van der Waals surface area (Å²) in [6.45, 7) is 4.11. The van der Waals surface area contributed by atoms with Gasteiger partial charge in [0, 0.05) is 67.6 Å². The first-order valence-electron chi connectivity index (χ1n) is 10.9. The molecule has 1 aliphatic rings. The molecule has 4 heterocycles. The zero-order chi connectivity index (χ0) is 22.1. The van der Waals surface area contributed by atoms with Crippen molar-refractivity contribution < 1.29 is 10.3 Å². The summed E-state index contributed by atoms with van der Waals surface area (Å²) in [5, 5.41) is 1.55. The first-order chi connectivity index (χ1) is 14.8. The van der Waals surface area contributed by atoms with Crippen molar-refractivity contribution in [3.63, 3.8) is 0 Å². The Kier molecular flexibility index (Phi) is 3.94. The maximum absolute atomic E-state index is 12.5. The van der Waals surface area contributed by atoms with E-state index in [0.717, 1.165) is 37.0 Å². The van der Waals surface area contributed by atoms with Crippen molar-refractivity contribution >= 4 is 16.6 Å². The van der Waals surface area contributed by atoms with Crippen molar-refractivity contribution in [1.29, 1.82) is 0 Å². The summed E-state index contributed by atoms with van der Waals surface area (Å²) >= 11 is 0. The normalized spacial score (nSPS) is 18.0. The summed E-state index contributed by atoms with van der Waals surface area (Å²) in [5.41, 5.74) is 1.11. The number of likely N-dealkylation sites (N-methyl/N-ethyl adjacent to an activating group) is 1. The lowest BCUT2D eigenvalue weighted by Gasteiger charge is -2.31. The molecule has 3 aromatic heterocycles. The molecule has 6 heteroatoms. The van der Waals surface area contributed by atoms with E-state index >= 15 is 0 Å². The van der Waals surface area contributed by atoms with Gasteiger partial charge in [0.15, 0.2) is 5.78 Å². The molecule has 0 unspecified atom stereocenters. The molecule has 4 rings (SSSR count). The zero-order valence-corrected chi connectivity index (χ0v) is 15.2. The molecule has 0 aliphatic carbocycles. The number of carbonyl (C=O) groups is 1. The lowest BCUT2D eigenvalue weighted by Crippen LogP contribution is -2.46. The number of carbonyl (C=O) groups excluding carboxylic acids is 1. The van der Waals surface area contributed by atoms with Crippen LogP contribution in [0.25, 0.3) is 22.0 Å². The Labute approximate surface area is 164 Å². The van der Waals surface area contributed by atoms with Gasteiger partial charge in [0.1, 0.15) is 0 Å². The molecule has 0 atom stereocenters. The number of piperazine rings is 1. The first kappa shape index (κ1) is 13.5. The van der Waals surface area contributed by atoms with E-state index in [1.807, 2.05) is 6.07 Å². The molecule has 1 saturated heterocycles. The molecular formula is C21H23N5O. The highest BCUT2D eigenvalue weighted by Gasteiger charge is 2.17. The van der Waals surface area contributed by atoms with Gasteiger partial charge in [0.2, 0.25) is 0 Å². The standard InChI is InChI=1S/C21H23N5O/c1-25-5-7-26(8-6-25)15-20(27)11-19-9-17-10-21(16-3-2-4-22-12-16)24-14-18(17)13-23-19/h2-4,9-10,12-14H,5-8,11,15H2,1H3/i2D,3D,4D,12D. The van der Waals surface area contributed by atoms with Crippen molar-refractivity contribution in [3.05, 3.63) is 54.7 Å². The predicted octanol–water partition coefficient (Wildman–Crippen LogP) is 2.05. The minimum Gasteiger partial charge on any atom is -0.304 e. The van der Waals surface area contributed by atoms with E-state index in [2.05, 4.69) is 31.8 Å². The molecule has 0 amide bonds. The minimum absolute atomic E-state index is 0.113. The van der Waals surface area contributed by atoms with E-state index < -0.39 is 6.17 Å². The maximum Gasteiger partial charge on any atom is 0.152 e. The van der Waals surface area contributed by atoms with Crippen LogP contribution in [0.1, 0.15) is 11.2 Å². The number of nitrogens with zero attached hydrogens (tertiary/aromatic N) is 5. The van der Waals surface area contributed by atoms with Crippen LogP contribution in [0.3, 0.4) is 0 Å². The quantitative estimate of drug-likeness (QED) is 0.690. The smallest absolute Gasteiger partial charge is 0.152 e. The van der Waals surface area contributed by atoms with Gasteiger partial charge in [-0.1, -0.05) is 0 Å². The van der Waals surface area contributed by atoms with E-state index in [9.17, 15) is 4.79 Å². The summed E-state index contributed by atoms with van der Waals surface area (Å²) < 4.78 is 31.5. The van der Waals surface area contributed by atoms with Crippen molar-refractivity contribution in [3.8, 4) is 11.3 Å². The van der Waals surface area contributed by atoms with Gasteiger partial charge in [0.05, 0.1) is 24.1 Å². The fraction of sp³-hybridized carbons (Fsp3) is 0.333. The van der Waals surface area contributed by atoms with Gasteiger partial charge >= 0.3 is 0 Å². The third-order valence-corrected chi connectivity index (χ3v) is 4.76. The maximum atomic E-state index is 12.5. The Morgan fingerprint density at radius 3 is 2.81 bits per heavy atom. The van der Waals surface area contributed by atoms with Crippen molar-refractivity contribution in [2.75, 3.05) is 39.8 Å². The monoisotopic (exact) mass is 365 g/mol. The van der Waals surface area contributed by atoms with Crippen LogP contribution in [-0.4, -0.2) is 70.3 Å². The SMILES string of the molecule is [2H]c1nc([2H])c(-c2cc3cc(CC(=O)CN4CCN(C)CC4)ncc3cn2)c([2H])c1[2H]. The van der Waals surface area contributed by atoms with Gasteiger partial charge in [0.25, 0.3) is 0 Å². The molecule has 0 radical (unpaired) electrons. The number of fused-ring (bicyclic) bond motifs is 1. The van der Waals surface area contributed by atoms with Crippen LogP contribution >= 0.6 is 0 Å². The highest BCUT2D eigenvalue weighted by molar-refractivity contribution is 5.87. The molecule has 0 N–H and O–H groups in total. The lowest BCUT2D eigenvalue weighted by molar-refractivity contribution is -0.120. The number of rotatable bonds is 5. The van der Waals surface area contributed by atoms with Crippen molar-refractivity contribution in [2.24, 2.45) is 0 Å². The molecule has 1 fully saturated rings. The van der Waals surface area contributed by atoms with Gasteiger partial charge in [-0.05, 0) is 36.7 Å². The van der Waals surface area contributed by atoms with Crippen LogP contribution < -0.4 is 0 Å². The second-order valence-corrected chi connectivity index (χ2v) is 6.85. The molecule has 27 heavy (non-hydrogen) atoms. The van der Waals surface area contributed by atoms with Crippen molar-refractivity contribution in [1.82, 2.24) is 24.8 Å². The van der Waals surface area contributed by atoms with Crippen LogP contribution in [0.5, 0.6) is 0 Å². The average molecular weight is 365 g/mol. The van der Waals surface area contributed by atoms with E-state index in [1.165, 1.54) is 0 Å². The van der Waals surface area contributed by atoms with Crippen LogP contribution in [0.2, 0.25) is 0 Å². The minimum atomic E-state index is -0.398. The van der Waals surface area contributed by atoms with Crippen molar-refractivity contribution in [2.45, 2.75) is 6.42 Å². The van der Waals surface area contributed by atoms with Gasteiger partial charge in [-0.15, -0.1) is 0 Å². The first-order valence-corrected chi connectivity index (χ1v) is 8.94. The molecule has 3 aromatic rings. The Hall–Kier alpha value is -2.70. The second-order valence-electron chi connectivity index (χ2n) is 6.85. The Morgan fingerprint density at radius 2 is 1.96 bits per heavy atom. The lowest BCUT2D eigenvalue weighted by atomic mass is 10.1. The Morgan fingerprint density at radius 1 is 1.15 bits per heavy atom. The van der Waals surface area contributed by atoms with Crippen LogP contribution in [0.15, 0.2) is 49.0 Å². The van der Waals surface area contributed by atoms with Crippen LogP contribution in [0, 0.1) is 0 Å². The molecule has 0 spiro atoms. The molecular weight excluding hydrogens is 338 g/mol. The molecule has 0 bridgehead atoms. The molecule has 1 aliphatic heterocycles. The number of aromatic nitrogens is 3. The summed E-state index contributed by atoms with van der Waals surface area (Å²) in [7, 11) is 2.08. The second kappa shape index (κ2) is 7.90. The number of pyridine rings is 3. The third-order valence-electron chi connectivity index (χ3n) is 4.76. The highest BCUT2D eigenvalue weighted by Crippen LogP contribution is 2.21. The van der Waals surface area contributed by atoms with Crippen LogP contribution in [0.4, 0.5) is 0 Å². The van der Waals surface area contributed by atoms with Gasteiger partial charge in [-0.3, -0.25) is 24.6 Å². The predicted molar refractivity (Wildman–Crippen MR) is 105 cm³/mol. The zero-order valence-electron chi connectivity index (χ0n) is 19.2. The van der Waals surface area contributed by atoms with Gasteiger partial charge in [-0.2, -0.15) is 0 Å². The molecule has 0 saturated carbocycles. The largest absolute Gasteiger partial charge is 0.304 e. The molecule has 138 valence electrons. The number of ketones is 1.